The molecule has 0 radical (unpaired) electrons. The molecule has 94 valence electrons. The molecule has 3 heteroatoms. The minimum absolute atomic E-state index is 0.176. The Bertz CT molecular complexity index is 333. The van der Waals surface area contributed by atoms with Crippen LogP contribution in [-0.4, -0.2) is 11.8 Å². The highest BCUT2D eigenvalue weighted by atomic mass is 32.2. The fraction of sp³-hybridized carbons (Fsp3) is 0.571. The number of hydrogen-bond acceptors (Lipinski definition) is 2. The highest BCUT2D eigenvalue weighted by Crippen LogP contribution is 2.29. The van der Waals surface area contributed by atoms with Gasteiger partial charge < -0.3 is 5.73 Å². The molecule has 1 fully saturated rings. The van der Waals surface area contributed by atoms with Crippen molar-refractivity contribution in [2.45, 2.75) is 43.0 Å². The Kier molecular flexibility index (Phi) is 4.86. The lowest BCUT2D eigenvalue weighted by Crippen LogP contribution is -2.25. The molecule has 2 rings (SSSR count). The molecule has 0 heterocycles. The van der Waals surface area contributed by atoms with Crippen LogP contribution in [0, 0.1) is 11.7 Å². The van der Waals surface area contributed by atoms with Crippen LogP contribution in [0.3, 0.4) is 0 Å². The van der Waals surface area contributed by atoms with Crippen LogP contribution in [-0.2, 0) is 0 Å². The van der Waals surface area contributed by atoms with Crippen LogP contribution in [0.4, 0.5) is 4.39 Å². The summed E-state index contributed by atoms with van der Waals surface area (Å²) in [4.78, 5) is 1.10. The lowest BCUT2D eigenvalue weighted by molar-refractivity contribution is 0.462. The average Bonchev–Trinajstić information content (AvgIpc) is 2.81. The Morgan fingerprint density at radius 1 is 1.24 bits per heavy atom. The van der Waals surface area contributed by atoms with E-state index in [9.17, 15) is 4.39 Å². The van der Waals surface area contributed by atoms with Crippen molar-refractivity contribution in [3.63, 3.8) is 0 Å². The number of halogens is 1. The molecule has 1 aliphatic carbocycles. The first kappa shape index (κ1) is 12.9. The predicted octanol–water partition coefficient (Wildman–Crippen LogP) is 3.83. The van der Waals surface area contributed by atoms with E-state index in [2.05, 4.69) is 0 Å². The molecule has 1 aromatic carbocycles. The van der Waals surface area contributed by atoms with Gasteiger partial charge in [-0.3, -0.25) is 0 Å². The van der Waals surface area contributed by atoms with Crippen LogP contribution in [0.25, 0.3) is 0 Å². The zero-order valence-electron chi connectivity index (χ0n) is 10.1. The SMILES string of the molecule is NC(CSc1ccc(F)cc1)CC1CCCC1. The highest BCUT2D eigenvalue weighted by molar-refractivity contribution is 7.99. The second-order valence-corrected chi connectivity index (χ2v) is 6.00. The largest absolute Gasteiger partial charge is 0.327 e. The Morgan fingerprint density at radius 3 is 2.53 bits per heavy atom. The summed E-state index contributed by atoms with van der Waals surface area (Å²) in [7, 11) is 0. The summed E-state index contributed by atoms with van der Waals surface area (Å²) in [6, 6.07) is 6.92. The molecular weight excluding hydrogens is 233 g/mol. The first-order valence-electron chi connectivity index (χ1n) is 6.38. The second kappa shape index (κ2) is 6.41. The van der Waals surface area contributed by atoms with Gasteiger partial charge in [-0.15, -0.1) is 11.8 Å². The molecule has 0 aliphatic heterocycles. The van der Waals surface area contributed by atoms with Gasteiger partial charge in [0.25, 0.3) is 0 Å². The van der Waals surface area contributed by atoms with Gasteiger partial charge >= 0.3 is 0 Å². The Labute approximate surface area is 107 Å². The number of rotatable bonds is 5. The van der Waals surface area contributed by atoms with Gasteiger partial charge in [-0.05, 0) is 36.6 Å². The van der Waals surface area contributed by atoms with Gasteiger partial charge in [-0.2, -0.15) is 0 Å². The number of hydrogen-bond donors (Lipinski definition) is 1. The maximum Gasteiger partial charge on any atom is 0.123 e. The lowest BCUT2D eigenvalue weighted by atomic mass is 10.00. The molecule has 1 aliphatic rings. The van der Waals surface area contributed by atoms with E-state index in [0.29, 0.717) is 0 Å². The van der Waals surface area contributed by atoms with Crippen LogP contribution < -0.4 is 5.73 Å². The molecular formula is C14H20FNS. The van der Waals surface area contributed by atoms with E-state index in [1.807, 2.05) is 12.1 Å². The minimum Gasteiger partial charge on any atom is -0.327 e. The van der Waals surface area contributed by atoms with Crippen molar-refractivity contribution in [1.29, 1.82) is 0 Å². The predicted molar refractivity (Wildman–Crippen MR) is 71.7 cm³/mol. The summed E-state index contributed by atoms with van der Waals surface area (Å²) < 4.78 is 12.7. The normalized spacial score (nSPS) is 18.5. The van der Waals surface area contributed by atoms with Crippen molar-refractivity contribution in [3.05, 3.63) is 30.1 Å². The summed E-state index contributed by atoms with van der Waals surface area (Å²) in [5.41, 5.74) is 6.14. The first-order valence-corrected chi connectivity index (χ1v) is 7.36. The summed E-state index contributed by atoms with van der Waals surface area (Å²) in [6.07, 6.45) is 6.61. The average molecular weight is 253 g/mol. The van der Waals surface area contributed by atoms with E-state index in [0.717, 1.165) is 23.0 Å². The molecule has 1 aromatic rings. The van der Waals surface area contributed by atoms with Crippen molar-refractivity contribution in [1.82, 2.24) is 0 Å². The van der Waals surface area contributed by atoms with Crippen molar-refractivity contribution >= 4 is 11.8 Å². The highest BCUT2D eigenvalue weighted by Gasteiger charge is 2.17. The number of nitrogens with two attached hydrogens (primary N) is 1. The first-order chi connectivity index (χ1) is 8.24. The van der Waals surface area contributed by atoms with E-state index in [1.54, 1.807) is 11.8 Å². The van der Waals surface area contributed by atoms with Crippen molar-refractivity contribution in [2.24, 2.45) is 11.7 Å². The molecule has 1 unspecified atom stereocenters. The molecule has 1 saturated carbocycles. The second-order valence-electron chi connectivity index (χ2n) is 4.91. The van der Waals surface area contributed by atoms with Gasteiger partial charge in [0.05, 0.1) is 0 Å². The van der Waals surface area contributed by atoms with Crippen LogP contribution in [0.2, 0.25) is 0 Å². The molecule has 1 nitrogen and oxygen atoms in total. The van der Waals surface area contributed by atoms with Gasteiger partial charge in [-0.25, -0.2) is 4.39 Å². The van der Waals surface area contributed by atoms with Crippen LogP contribution in [0.5, 0.6) is 0 Å². The smallest absolute Gasteiger partial charge is 0.123 e. The molecule has 0 amide bonds. The monoisotopic (exact) mass is 253 g/mol. The van der Waals surface area contributed by atoms with Crippen LogP contribution in [0.1, 0.15) is 32.1 Å². The number of benzene rings is 1. The fourth-order valence-corrected chi connectivity index (χ4v) is 3.35. The van der Waals surface area contributed by atoms with Gasteiger partial charge in [-0.1, -0.05) is 25.7 Å². The Hall–Kier alpha value is -0.540. The zero-order chi connectivity index (χ0) is 12.1. The number of thioether (sulfide) groups is 1. The quantitative estimate of drug-likeness (QED) is 0.807. The summed E-state index contributed by atoms with van der Waals surface area (Å²) in [5.74, 6) is 1.60. The van der Waals surface area contributed by atoms with E-state index in [-0.39, 0.29) is 11.9 Å². The topological polar surface area (TPSA) is 26.0 Å². The molecule has 0 aromatic heterocycles. The van der Waals surface area contributed by atoms with Crippen LogP contribution in [0.15, 0.2) is 29.2 Å². The third-order valence-corrected chi connectivity index (χ3v) is 4.59. The minimum atomic E-state index is -0.176. The van der Waals surface area contributed by atoms with Crippen LogP contribution >= 0.6 is 11.8 Å². The molecule has 1 atom stereocenters. The van der Waals surface area contributed by atoms with Gasteiger partial charge in [0.2, 0.25) is 0 Å². The molecule has 0 saturated heterocycles. The maximum atomic E-state index is 12.7. The standard InChI is InChI=1S/C14H20FNS/c15-12-5-7-14(8-6-12)17-10-13(16)9-11-3-1-2-4-11/h5-8,11,13H,1-4,9-10,16H2. The van der Waals surface area contributed by atoms with E-state index >= 15 is 0 Å². The lowest BCUT2D eigenvalue weighted by Gasteiger charge is -2.15. The van der Waals surface area contributed by atoms with Gasteiger partial charge in [0.15, 0.2) is 0 Å². The molecule has 17 heavy (non-hydrogen) atoms. The Balaban J connectivity index is 1.71. The van der Waals surface area contributed by atoms with Crippen molar-refractivity contribution < 1.29 is 4.39 Å². The van der Waals surface area contributed by atoms with E-state index in [4.69, 9.17) is 5.73 Å². The molecule has 0 bridgehead atoms. The van der Waals surface area contributed by atoms with Crippen molar-refractivity contribution in [2.75, 3.05) is 5.75 Å². The van der Waals surface area contributed by atoms with Gasteiger partial charge in [0, 0.05) is 16.7 Å². The Morgan fingerprint density at radius 2 is 1.88 bits per heavy atom. The third kappa shape index (κ3) is 4.32. The maximum absolute atomic E-state index is 12.7. The summed E-state index contributed by atoms with van der Waals surface area (Å²) >= 11 is 1.73. The van der Waals surface area contributed by atoms with Crippen molar-refractivity contribution in [3.8, 4) is 0 Å². The summed E-state index contributed by atoms with van der Waals surface area (Å²) in [6.45, 7) is 0. The van der Waals surface area contributed by atoms with E-state index < -0.39 is 0 Å². The van der Waals surface area contributed by atoms with Gasteiger partial charge in [0.1, 0.15) is 5.82 Å². The summed E-state index contributed by atoms with van der Waals surface area (Å²) in [5, 5.41) is 0. The van der Waals surface area contributed by atoms with E-state index in [1.165, 1.54) is 37.8 Å². The third-order valence-electron chi connectivity index (χ3n) is 3.39. The molecule has 2 N–H and O–H groups in total. The molecule has 0 spiro atoms. The fourth-order valence-electron chi connectivity index (χ4n) is 2.48. The zero-order valence-corrected chi connectivity index (χ0v) is 10.9.